The van der Waals surface area contributed by atoms with E-state index < -0.39 is 30.4 Å². The highest BCUT2D eigenvalue weighted by Gasteiger charge is 2.38. The molecule has 2 aromatic heterocycles. The van der Waals surface area contributed by atoms with Crippen LogP contribution in [0.25, 0.3) is 11.3 Å². The SMILES string of the molecule is O=C(NCC(Cc1cc(-c2[nH]c3c(c2Nc2ccccc2)C(=O)N(CC(F)(F)F)CC3)ccn1)c1ccc(F)cc1)c1ccccc1O. The molecular formula is C36H31F4N5O3. The minimum absolute atomic E-state index is 0.0799. The highest BCUT2D eigenvalue weighted by atomic mass is 19.4. The second-order valence-electron chi connectivity index (χ2n) is 11.5. The Bertz CT molecular complexity index is 1930. The molecule has 246 valence electrons. The molecule has 4 N–H and O–H groups in total. The number of hydrogen-bond acceptors (Lipinski definition) is 5. The number of nitrogens with one attached hydrogen (secondary N) is 3. The van der Waals surface area contributed by atoms with Gasteiger partial charge < -0.3 is 25.6 Å². The lowest BCUT2D eigenvalue weighted by molar-refractivity contribution is -0.141. The van der Waals surface area contributed by atoms with Crippen LogP contribution in [0.3, 0.4) is 0 Å². The van der Waals surface area contributed by atoms with Crippen molar-refractivity contribution in [3.8, 4) is 17.0 Å². The van der Waals surface area contributed by atoms with Crippen LogP contribution in [0.15, 0.2) is 97.2 Å². The van der Waals surface area contributed by atoms with Crippen LogP contribution in [-0.2, 0) is 12.8 Å². The monoisotopic (exact) mass is 657 g/mol. The van der Waals surface area contributed by atoms with E-state index in [2.05, 4.69) is 20.6 Å². The molecule has 3 aromatic carbocycles. The highest BCUT2D eigenvalue weighted by Crippen LogP contribution is 2.39. The van der Waals surface area contributed by atoms with Gasteiger partial charge in [-0.25, -0.2) is 4.39 Å². The first-order chi connectivity index (χ1) is 23.1. The molecule has 48 heavy (non-hydrogen) atoms. The Hall–Kier alpha value is -5.65. The van der Waals surface area contributed by atoms with Gasteiger partial charge in [-0.1, -0.05) is 42.5 Å². The van der Waals surface area contributed by atoms with Crippen LogP contribution in [-0.4, -0.2) is 57.6 Å². The topological polar surface area (TPSA) is 110 Å². The summed E-state index contributed by atoms with van der Waals surface area (Å²) in [7, 11) is 0. The number of rotatable bonds is 10. The van der Waals surface area contributed by atoms with Crippen LogP contribution in [0.5, 0.6) is 5.75 Å². The van der Waals surface area contributed by atoms with Crippen molar-refractivity contribution in [1.29, 1.82) is 0 Å². The number of halogens is 4. The number of carbonyl (C=O) groups is 2. The average Bonchev–Trinajstić information content (AvgIpc) is 3.43. The van der Waals surface area contributed by atoms with E-state index in [0.717, 1.165) is 10.5 Å². The maximum atomic E-state index is 13.8. The number of nitrogens with zero attached hydrogens (tertiary/aromatic N) is 2. The molecule has 0 aliphatic carbocycles. The molecule has 1 aliphatic heterocycles. The van der Waals surface area contributed by atoms with Gasteiger partial charge in [0.15, 0.2) is 0 Å². The Labute approximate surface area is 273 Å². The van der Waals surface area contributed by atoms with E-state index in [1.165, 1.54) is 24.3 Å². The van der Waals surface area contributed by atoms with Crippen molar-refractivity contribution in [1.82, 2.24) is 20.2 Å². The Balaban J connectivity index is 1.33. The van der Waals surface area contributed by atoms with Gasteiger partial charge in [0.05, 0.1) is 22.5 Å². The van der Waals surface area contributed by atoms with E-state index in [1.807, 2.05) is 12.1 Å². The van der Waals surface area contributed by atoms with Crippen molar-refractivity contribution in [2.24, 2.45) is 0 Å². The van der Waals surface area contributed by atoms with Gasteiger partial charge in [0, 0.05) is 54.3 Å². The number of pyridine rings is 1. The van der Waals surface area contributed by atoms with Gasteiger partial charge in [-0.2, -0.15) is 13.2 Å². The van der Waals surface area contributed by atoms with Gasteiger partial charge in [-0.05, 0) is 60.5 Å². The van der Waals surface area contributed by atoms with E-state index in [9.17, 15) is 32.3 Å². The number of hydrogen-bond donors (Lipinski definition) is 4. The minimum Gasteiger partial charge on any atom is -0.507 e. The molecule has 1 aliphatic rings. The summed E-state index contributed by atoms with van der Waals surface area (Å²) in [4.78, 5) is 35.0. The zero-order chi connectivity index (χ0) is 33.8. The first-order valence-corrected chi connectivity index (χ1v) is 15.3. The smallest absolute Gasteiger partial charge is 0.406 e. The molecule has 8 nitrogen and oxygen atoms in total. The van der Waals surface area contributed by atoms with Gasteiger partial charge in [0.25, 0.3) is 11.8 Å². The summed E-state index contributed by atoms with van der Waals surface area (Å²) in [6.45, 7) is -1.28. The van der Waals surface area contributed by atoms with Crippen molar-refractivity contribution in [2.75, 3.05) is 25.0 Å². The predicted molar refractivity (Wildman–Crippen MR) is 173 cm³/mol. The number of alkyl halides is 3. The molecule has 1 atom stereocenters. The summed E-state index contributed by atoms with van der Waals surface area (Å²) in [5.74, 6) is -2.11. The third-order valence-corrected chi connectivity index (χ3v) is 8.18. The molecule has 0 saturated heterocycles. The lowest BCUT2D eigenvalue weighted by Gasteiger charge is -2.28. The summed E-state index contributed by atoms with van der Waals surface area (Å²) in [5, 5.41) is 16.2. The maximum absolute atomic E-state index is 13.8. The van der Waals surface area contributed by atoms with Gasteiger partial charge in [0.1, 0.15) is 18.1 Å². The van der Waals surface area contributed by atoms with Crippen molar-refractivity contribution in [2.45, 2.75) is 24.9 Å². The predicted octanol–water partition coefficient (Wildman–Crippen LogP) is 6.98. The quantitative estimate of drug-likeness (QED) is 0.121. The standard InChI is InChI=1S/C36H31F4N5O3/c37-25-12-10-22(11-13-25)24(20-42-34(47)28-8-4-5-9-30(28)46)19-27-18-23(14-16-41-27)32-33(43-26-6-2-1-3-7-26)31-29(44-32)15-17-45(35(31)48)21-36(38,39)40/h1-14,16,18,24,43-44,46H,15,17,19-21H2,(H,42,47). The number of aromatic nitrogens is 2. The van der Waals surface area contributed by atoms with E-state index in [0.29, 0.717) is 40.4 Å². The van der Waals surface area contributed by atoms with Gasteiger partial charge in [0.2, 0.25) is 0 Å². The number of aromatic hydroxyl groups is 1. The van der Waals surface area contributed by atoms with Crippen molar-refractivity contribution < 1.29 is 32.3 Å². The van der Waals surface area contributed by atoms with Crippen LogP contribution in [0.1, 0.15) is 43.6 Å². The Kier molecular flexibility index (Phi) is 9.15. The second-order valence-corrected chi connectivity index (χ2v) is 11.5. The van der Waals surface area contributed by atoms with Crippen LogP contribution in [0.2, 0.25) is 0 Å². The highest BCUT2D eigenvalue weighted by molar-refractivity contribution is 6.06. The third kappa shape index (κ3) is 7.33. The lowest BCUT2D eigenvalue weighted by atomic mass is 9.93. The fourth-order valence-corrected chi connectivity index (χ4v) is 5.87. The van der Waals surface area contributed by atoms with E-state index in [-0.39, 0.29) is 42.3 Å². The largest absolute Gasteiger partial charge is 0.507 e. The molecular weight excluding hydrogens is 626 g/mol. The number of aromatic amines is 1. The van der Waals surface area contributed by atoms with Crippen LogP contribution in [0, 0.1) is 5.82 Å². The van der Waals surface area contributed by atoms with Crippen LogP contribution >= 0.6 is 0 Å². The molecule has 0 radical (unpaired) electrons. The van der Waals surface area contributed by atoms with Crippen molar-refractivity contribution >= 4 is 23.2 Å². The zero-order valence-corrected chi connectivity index (χ0v) is 25.5. The molecule has 0 fully saturated rings. The Morgan fingerprint density at radius 1 is 1.00 bits per heavy atom. The molecule has 5 aromatic rings. The molecule has 1 unspecified atom stereocenters. The summed E-state index contributed by atoms with van der Waals surface area (Å²) < 4.78 is 53.8. The molecule has 6 rings (SSSR count). The summed E-state index contributed by atoms with van der Waals surface area (Å²) in [6, 6.07) is 24.7. The average molecular weight is 658 g/mol. The summed E-state index contributed by atoms with van der Waals surface area (Å²) in [6.07, 6.45) is -2.42. The number of benzene rings is 3. The summed E-state index contributed by atoms with van der Waals surface area (Å²) >= 11 is 0. The number of phenols is 1. The number of amides is 2. The van der Waals surface area contributed by atoms with Gasteiger partial charge >= 0.3 is 6.18 Å². The third-order valence-electron chi connectivity index (χ3n) is 8.18. The maximum Gasteiger partial charge on any atom is 0.406 e. The molecule has 0 saturated carbocycles. The van der Waals surface area contributed by atoms with Crippen LogP contribution < -0.4 is 10.6 Å². The Morgan fingerprint density at radius 2 is 1.73 bits per heavy atom. The first-order valence-electron chi connectivity index (χ1n) is 15.3. The Morgan fingerprint density at radius 3 is 2.46 bits per heavy atom. The number of phenolic OH excluding ortho intramolecular Hbond substituents is 1. The fraction of sp³-hybridized carbons (Fsp3) is 0.194. The molecule has 12 heteroatoms. The first kappa shape index (κ1) is 32.3. The summed E-state index contributed by atoms with van der Waals surface area (Å²) in [5.41, 5.74) is 4.32. The normalized spacial score (nSPS) is 13.6. The van der Waals surface area contributed by atoms with Crippen molar-refractivity contribution in [3.63, 3.8) is 0 Å². The second kappa shape index (κ2) is 13.6. The van der Waals surface area contributed by atoms with Crippen molar-refractivity contribution in [3.05, 3.63) is 131 Å². The fourth-order valence-electron chi connectivity index (χ4n) is 5.87. The van der Waals surface area contributed by atoms with Gasteiger partial charge in [-0.15, -0.1) is 0 Å². The molecule has 2 amide bonds. The number of H-pyrrole nitrogens is 1. The van der Waals surface area contributed by atoms with E-state index in [4.69, 9.17) is 0 Å². The number of anilines is 2. The number of para-hydroxylation sites is 2. The molecule has 0 spiro atoms. The van der Waals surface area contributed by atoms with Gasteiger partial charge in [-0.3, -0.25) is 14.6 Å². The zero-order valence-electron chi connectivity index (χ0n) is 25.5. The molecule has 3 heterocycles. The minimum atomic E-state index is -4.54. The van der Waals surface area contributed by atoms with E-state index in [1.54, 1.807) is 60.8 Å². The lowest BCUT2D eigenvalue weighted by Crippen LogP contribution is -2.43. The van der Waals surface area contributed by atoms with E-state index >= 15 is 0 Å². The van der Waals surface area contributed by atoms with Crippen LogP contribution in [0.4, 0.5) is 28.9 Å². The number of carbonyl (C=O) groups excluding carboxylic acids is 2. The number of fused-ring (bicyclic) bond motifs is 1. The molecule has 0 bridgehead atoms.